The number of hydrogen-bond acceptors (Lipinski definition) is 4. The van der Waals surface area contributed by atoms with Crippen molar-refractivity contribution in [1.29, 1.82) is 0 Å². The fraction of sp³-hybridized carbons (Fsp3) is 0.161. The summed E-state index contributed by atoms with van der Waals surface area (Å²) in [5.74, 6) is -0.176. The Morgan fingerprint density at radius 2 is 2.03 bits per heavy atom. The molecule has 5 rings (SSSR count). The van der Waals surface area contributed by atoms with Gasteiger partial charge in [-0.1, -0.05) is 18.2 Å². The number of H-pyrrole nitrogens is 1. The van der Waals surface area contributed by atoms with Crippen molar-refractivity contribution in [3.8, 4) is 11.1 Å². The van der Waals surface area contributed by atoms with Gasteiger partial charge in [0.25, 0.3) is 5.56 Å². The van der Waals surface area contributed by atoms with Crippen LogP contribution >= 0.6 is 0 Å². The fourth-order valence-corrected chi connectivity index (χ4v) is 5.26. The first-order valence-corrected chi connectivity index (χ1v) is 12.6. The zero-order valence-corrected chi connectivity index (χ0v) is 22.4. The maximum absolute atomic E-state index is 12.6. The molecule has 0 saturated heterocycles. The van der Waals surface area contributed by atoms with Gasteiger partial charge in [0.15, 0.2) is 0 Å². The van der Waals surface area contributed by atoms with Crippen LogP contribution in [0.2, 0.25) is 0 Å². The lowest BCUT2D eigenvalue weighted by Gasteiger charge is -2.32. The van der Waals surface area contributed by atoms with Crippen molar-refractivity contribution in [3.05, 3.63) is 107 Å². The van der Waals surface area contributed by atoms with E-state index in [4.69, 9.17) is 4.98 Å². The van der Waals surface area contributed by atoms with E-state index in [1.165, 1.54) is 6.92 Å². The molecule has 0 saturated carbocycles. The molecular formula is C31H30N6O2. The molecule has 5 aromatic rings. The number of aryl methyl sites for hydroxylation is 1. The average molecular weight is 519 g/mol. The molecule has 39 heavy (non-hydrogen) atoms. The Hall–Kier alpha value is -4.98. The number of carbonyl (C=O) groups is 1. The first kappa shape index (κ1) is 25.7. The van der Waals surface area contributed by atoms with Crippen molar-refractivity contribution in [1.82, 2.24) is 19.1 Å². The summed E-state index contributed by atoms with van der Waals surface area (Å²) in [6.07, 6.45) is 13.1. The van der Waals surface area contributed by atoms with Crippen LogP contribution in [-0.2, 0) is 17.4 Å². The van der Waals surface area contributed by atoms with Crippen molar-refractivity contribution < 1.29 is 4.79 Å². The minimum Gasteiger partial charge on any atom is -0.345 e. The van der Waals surface area contributed by atoms with Gasteiger partial charge in [0, 0.05) is 55.1 Å². The number of allylic oxidation sites excluding steroid dienone is 4. The van der Waals surface area contributed by atoms with E-state index in [0.717, 1.165) is 33.1 Å². The highest BCUT2D eigenvalue weighted by Gasteiger charge is 2.35. The number of hydrogen-bond donors (Lipinski definition) is 2. The van der Waals surface area contributed by atoms with Crippen molar-refractivity contribution in [2.75, 3.05) is 5.32 Å². The Labute approximate surface area is 226 Å². The minimum absolute atomic E-state index is 0.161. The van der Waals surface area contributed by atoms with E-state index in [0.29, 0.717) is 16.9 Å². The highest BCUT2D eigenvalue weighted by Crippen LogP contribution is 2.41. The molecule has 4 aromatic heterocycles. The number of anilines is 1. The second kappa shape index (κ2) is 10.1. The highest BCUT2D eigenvalue weighted by molar-refractivity contribution is 6.05. The Morgan fingerprint density at radius 3 is 2.72 bits per heavy atom. The Morgan fingerprint density at radius 1 is 1.21 bits per heavy atom. The third-order valence-electron chi connectivity index (χ3n) is 7.09. The number of fused-ring (bicyclic) bond motifs is 2. The summed E-state index contributed by atoms with van der Waals surface area (Å²) < 4.78 is 3.93. The molecule has 0 aliphatic rings. The molecule has 1 amide bonds. The van der Waals surface area contributed by atoms with E-state index in [-0.39, 0.29) is 11.5 Å². The number of nitrogens with zero attached hydrogens (tertiary/aromatic N) is 4. The predicted octanol–water partition coefficient (Wildman–Crippen LogP) is 5.77. The smallest absolute Gasteiger partial charge is 0.272 e. The van der Waals surface area contributed by atoms with Gasteiger partial charge >= 0.3 is 0 Å². The van der Waals surface area contributed by atoms with Crippen LogP contribution in [0.4, 0.5) is 5.69 Å². The molecule has 8 heteroatoms. The van der Waals surface area contributed by atoms with Crippen molar-refractivity contribution >= 4 is 40.1 Å². The van der Waals surface area contributed by atoms with E-state index in [2.05, 4.69) is 39.6 Å². The van der Waals surface area contributed by atoms with Gasteiger partial charge < -0.3 is 19.4 Å². The van der Waals surface area contributed by atoms with E-state index in [1.54, 1.807) is 12.4 Å². The maximum Gasteiger partial charge on any atom is 0.272 e. The van der Waals surface area contributed by atoms with Crippen LogP contribution in [0.25, 0.3) is 32.9 Å². The predicted molar refractivity (Wildman–Crippen MR) is 158 cm³/mol. The monoisotopic (exact) mass is 518 g/mol. The van der Waals surface area contributed by atoms with Gasteiger partial charge in [-0.3, -0.25) is 19.6 Å². The Kier molecular flexibility index (Phi) is 6.62. The van der Waals surface area contributed by atoms with E-state index >= 15 is 0 Å². The number of nitrogens with one attached hydrogen (secondary N) is 2. The van der Waals surface area contributed by atoms with Crippen LogP contribution in [0.15, 0.2) is 101 Å². The Bertz CT molecular complexity index is 1840. The minimum atomic E-state index is -0.827. The summed E-state index contributed by atoms with van der Waals surface area (Å²) >= 11 is 0. The van der Waals surface area contributed by atoms with Crippen molar-refractivity contribution in [3.63, 3.8) is 0 Å². The summed E-state index contributed by atoms with van der Waals surface area (Å²) in [5, 5.41) is 4.69. The number of amides is 1. The molecule has 1 unspecified atom stereocenters. The van der Waals surface area contributed by atoms with Gasteiger partial charge in [-0.2, -0.15) is 0 Å². The van der Waals surface area contributed by atoms with Crippen LogP contribution < -0.4 is 10.9 Å². The second-order valence-electron chi connectivity index (χ2n) is 9.57. The molecule has 1 atom stereocenters. The molecule has 196 valence electrons. The van der Waals surface area contributed by atoms with Gasteiger partial charge in [0.2, 0.25) is 5.91 Å². The summed E-state index contributed by atoms with van der Waals surface area (Å²) in [5.41, 5.74) is 4.36. The summed E-state index contributed by atoms with van der Waals surface area (Å²) in [7, 11) is 1.85. The molecule has 0 radical (unpaired) electrons. The topological polar surface area (TPSA) is 97.1 Å². The van der Waals surface area contributed by atoms with Crippen LogP contribution in [0, 0.1) is 0 Å². The normalized spacial score (nSPS) is 13.7. The highest BCUT2D eigenvalue weighted by atomic mass is 16.1. The molecule has 0 fully saturated rings. The summed E-state index contributed by atoms with van der Waals surface area (Å²) in [4.78, 5) is 36.7. The van der Waals surface area contributed by atoms with E-state index in [9.17, 15) is 9.59 Å². The summed E-state index contributed by atoms with van der Waals surface area (Å²) in [6, 6.07) is 13.7. The average Bonchev–Trinajstić information content (AvgIpc) is 3.51. The third-order valence-corrected chi connectivity index (χ3v) is 7.09. The van der Waals surface area contributed by atoms with Crippen molar-refractivity contribution in [2.45, 2.75) is 26.3 Å². The number of benzene rings is 1. The lowest BCUT2D eigenvalue weighted by molar-refractivity contribution is -0.114. The van der Waals surface area contributed by atoms with Gasteiger partial charge in [0.05, 0.1) is 22.6 Å². The van der Waals surface area contributed by atoms with Crippen LogP contribution in [0.5, 0.6) is 0 Å². The van der Waals surface area contributed by atoms with Gasteiger partial charge in [0.1, 0.15) is 11.1 Å². The lowest BCUT2D eigenvalue weighted by Crippen LogP contribution is -2.33. The van der Waals surface area contributed by atoms with Crippen LogP contribution in [-0.4, -0.2) is 31.7 Å². The molecule has 2 N–H and O–H groups in total. The SMILES string of the molecule is C=N/C(=C\C=C/C)C(C)(c1ccccn1)n1ccc2c(NC(C)=O)cc(-c3cn(C)c4c(=O)[nH]ccc34)cc21. The number of carbonyl (C=O) groups excluding carboxylic acids is 1. The fourth-order valence-electron chi connectivity index (χ4n) is 5.26. The molecule has 0 aliphatic heterocycles. The molecular weight excluding hydrogens is 488 g/mol. The standard InChI is InChI=1S/C31H30N6O2/c1-6-7-10-27(32-4)31(3,28-11-8-9-14-33-28)37-16-13-23-25(35-20(2)38)17-21(18-26(23)37)24-19-36(5)29-22(24)12-15-34-30(29)39/h6-19H,4H2,1-3,5H3,(H,34,39)(H,35,38)/b7-6-,27-10-. The van der Waals surface area contributed by atoms with Crippen LogP contribution in [0.1, 0.15) is 26.5 Å². The summed E-state index contributed by atoms with van der Waals surface area (Å²) in [6.45, 7) is 9.37. The molecule has 1 aromatic carbocycles. The van der Waals surface area contributed by atoms with E-state index in [1.807, 2.05) is 85.6 Å². The maximum atomic E-state index is 12.6. The molecule has 4 heterocycles. The van der Waals surface area contributed by atoms with Crippen LogP contribution in [0.3, 0.4) is 0 Å². The number of pyridine rings is 2. The quantitative estimate of drug-likeness (QED) is 0.212. The zero-order chi connectivity index (χ0) is 27.7. The number of rotatable bonds is 7. The number of aromatic nitrogens is 4. The van der Waals surface area contributed by atoms with Gasteiger partial charge in [-0.05, 0) is 68.6 Å². The molecule has 0 bridgehead atoms. The molecule has 0 aliphatic carbocycles. The molecule has 0 spiro atoms. The van der Waals surface area contributed by atoms with Crippen molar-refractivity contribution in [2.24, 2.45) is 12.0 Å². The number of aliphatic imine (C=N–C) groups is 1. The third kappa shape index (κ3) is 4.29. The van der Waals surface area contributed by atoms with Gasteiger partial charge in [-0.15, -0.1) is 0 Å². The van der Waals surface area contributed by atoms with E-state index < -0.39 is 5.54 Å². The first-order chi connectivity index (χ1) is 18.8. The Balaban J connectivity index is 1.87. The number of aromatic amines is 1. The van der Waals surface area contributed by atoms with Gasteiger partial charge in [-0.25, -0.2) is 0 Å². The molecule has 8 nitrogen and oxygen atoms in total. The second-order valence-corrected chi connectivity index (χ2v) is 9.57. The first-order valence-electron chi connectivity index (χ1n) is 12.6. The largest absolute Gasteiger partial charge is 0.345 e. The zero-order valence-electron chi connectivity index (χ0n) is 22.4. The lowest BCUT2D eigenvalue weighted by atomic mass is 9.91.